The lowest BCUT2D eigenvalue weighted by Crippen LogP contribution is -2.54. The third-order valence-corrected chi connectivity index (χ3v) is 3.98. The summed E-state index contributed by atoms with van der Waals surface area (Å²) in [5, 5.41) is 7.36. The number of carbonyl (C=O) groups is 1. The molecule has 1 aliphatic heterocycles. The summed E-state index contributed by atoms with van der Waals surface area (Å²) in [5.74, 6) is 0. The van der Waals surface area contributed by atoms with E-state index in [4.69, 9.17) is 0 Å². The normalized spacial score (nSPS) is 14.7. The maximum absolute atomic E-state index is 12.4. The second-order valence-electron chi connectivity index (χ2n) is 5.01. The molecule has 0 aromatic heterocycles. The number of amidine groups is 1. The predicted octanol–water partition coefficient (Wildman–Crippen LogP) is 3.92. The van der Waals surface area contributed by atoms with Gasteiger partial charge in [0.25, 0.3) is 0 Å². The van der Waals surface area contributed by atoms with E-state index in [0.717, 1.165) is 22.5 Å². The number of rotatable bonds is 2. The first kappa shape index (κ1) is 14.6. The molecule has 0 radical (unpaired) electrons. The van der Waals surface area contributed by atoms with Crippen LogP contribution in [0.2, 0.25) is 0 Å². The van der Waals surface area contributed by atoms with Crippen LogP contribution < -0.4 is 15.4 Å². The fourth-order valence-corrected chi connectivity index (χ4v) is 2.74. The maximum atomic E-state index is 12.4. The number of halogens is 1. The summed E-state index contributed by atoms with van der Waals surface area (Å²) in [7, 11) is 0. The van der Waals surface area contributed by atoms with Crippen LogP contribution in [0.25, 0.3) is 0 Å². The molecule has 1 aliphatic rings. The molecule has 2 aromatic rings. The van der Waals surface area contributed by atoms with Crippen molar-refractivity contribution >= 4 is 38.1 Å². The topological polar surface area (TPSA) is 47.9 Å². The Hall–Kier alpha value is -2.34. The Balaban J connectivity index is 1.99. The van der Waals surface area contributed by atoms with Gasteiger partial charge in [-0.3, -0.25) is 0 Å². The van der Waals surface area contributed by atoms with E-state index in [1.54, 1.807) is 5.01 Å². The van der Waals surface area contributed by atoms with Crippen molar-refractivity contribution in [2.75, 3.05) is 10.0 Å². The highest BCUT2D eigenvalue weighted by atomic mass is 79.9. The standard InChI is InChI=1S/C16H15BrN4O/c1-11-7-3-5-9-13(11)20-15(17)18-21(16(22)19-20)14-10-6-4-8-12(14)2/h3-10H,1-2H3,(H,19,22). The minimum absolute atomic E-state index is 0.305. The highest BCUT2D eigenvalue weighted by Gasteiger charge is 2.28. The van der Waals surface area contributed by atoms with Crippen LogP contribution >= 0.6 is 15.9 Å². The summed E-state index contributed by atoms with van der Waals surface area (Å²) in [6.45, 7) is 3.93. The number of hydrazine groups is 1. The monoisotopic (exact) mass is 358 g/mol. The van der Waals surface area contributed by atoms with E-state index >= 15 is 0 Å². The van der Waals surface area contributed by atoms with Crippen LogP contribution in [0.4, 0.5) is 16.2 Å². The molecule has 0 saturated carbocycles. The van der Waals surface area contributed by atoms with Gasteiger partial charge in [0.1, 0.15) is 0 Å². The predicted molar refractivity (Wildman–Crippen MR) is 92.2 cm³/mol. The number of nitrogens with zero attached hydrogens (tertiary/aromatic N) is 3. The molecule has 22 heavy (non-hydrogen) atoms. The minimum Gasteiger partial charge on any atom is -0.244 e. The first-order valence-electron chi connectivity index (χ1n) is 6.84. The second-order valence-corrected chi connectivity index (χ2v) is 5.72. The number of hydrogen-bond donors (Lipinski definition) is 1. The number of amides is 2. The Labute approximate surface area is 137 Å². The number of anilines is 2. The third kappa shape index (κ3) is 2.57. The summed E-state index contributed by atoms with van der Waals surface area (Å²) >= 11 is 3.43. The molecule has 2 amide bonds. The molecular weight excluding hydrogens is 344 g/mol. The van der Waals surface area contributed by atoms with Gasteiger partial charge in [-0.2, -0.15) is 5.01 Å². The molecule has 0 atom stereocenters. The molecule has 0 aliphatic carbocycles. The van der Waals surface area contributed by atoms with Crippen molar-refractivity contribution in [1.82, 2.24) is 5.43 Å². The molecular formula is C16H15BrN4O. The highest BCUT2D eigenvalue weighted by Crippen LogP contribution is 2.26. The molecule has 0 fully saturated rings. The van der Waals surface area contributed by atoms with Crippen LogP contribution in [0.15, 0.2) is 53.6 Å². The summed E-state index contributed by atoms with van der Waals surface area (Å²) in [6.07, 6.45) is 0. The van der Waals surface area contributed by atoms with Gasteiger partial charge in [0, 0.05) is 0 Å². The van der Waals surface area contributed by atoms with Gasteiger partial charge in [-0.25, -0.2) is 15.2 Å². The fraction of sp³-hybridized carbons (Fsp3) is 0.125. The van der Waals surface area contributed by atoms with Crippen molar-refractivity contribution in [1.29, 1.82) is 0 Å². The van der Waals surface area contributed by atoms with Crippen molar-refractivity contribution in [3.8, 4) is 0 Å². The first-order valence-corrected chi connectivity index (χ1v) is 7.63. The quantitative estimate of drug-likeness (QED) is 0.827. The van der Waals surface area contributed by atoms with Crippen LogP contribution in [-0.2, 0) is 0 Å². The second kappa shape index (κ2) is 5.81. The van der Waals surface area contributed by atoms with Crippen LogP contribution in [0, 0.1) is 13.8 Å². The SMILES string of the molecule is Cc1ccccc1N1N=C(Br)N(c2ccccc2C)NC1=O. The van der Waals surface area contributed by atoms with Crippen molar-refractivity contribution in [3.05, 3.63) is 59.7 Å². The van der Waals surface area contributed by atoms with Crippen molar-refractivity contribution < 1.29 is 4.79 Å². The molecule has 0 unspecified atom stereocenters. The van der Waals surface area contributed by atoms with Gasteiger partial charge >= 0.3 is 6.03 Å². The number of hydrazone groups is 1. The number of carbonyl (C=O) groups excluding carboxylic acids is 1. The highest BCUT2D eigenvalue weighted by molar-refractivity contribution is 9.18. The van der Waals surface area contributed by atoms with E-state index in [1.165, 1.54) is 5.01 Å². The molecule has 1 heterocycles. The van der Waals surface area contributed by atoms with E-state index in [1.807, 2.05) is 62.4 Å². The van der Waals surface area contributed by atoms with Crippen molar-refractivity contribution in [2.45, 2.75) is 13.8 Å². The minimum atomic E-state index is -0.305. The number of aryl methyl sites for hydroxylation is 2. The lowest BCUT2D eigenvalue weighted by molar-refractivity contribution is 0.246. The van der Waals surface area contributed by atoms with Crippen molar-refractivity contribution in [3.63, 3.8) is 0 Å². The number of hydrogen-bond acceptors (Lipinski definition) is 3. The van der Waals surface area contributed by atoms with Gasteiger partial charge in [-0.15, -0.1) is 5.10 Å². The Kier molecular flexibility index (Phi) is 3.85. The summed E-state index contributed by atoms with van der Waals surface area (Å²) < 4.78 is 0.518. The smallest absolute Gasteiger partial charge is 0.244 e. The van der Waals surface area contributed by atoms with E-state index in [9.17, 15) is 4.79 Å². The van der Waals surface area contributed by atoms with Crippen LogP contribution in [-0.4, -0.2) is 10.8 Å². The molecule has 6 heteroatoms. The maximum Gasteiger partial charge on any atom is 0.361 e. The van der Waals surface area contributed by atoms with E-state index in [2.05, 4.69) is 26.5 Å². The Morgan fingerprint density at radius 3 is 2.09 bits per heavy atom. The van der Waals surface area contributed by atoms with Gasteiger partial charge in [-0.1, -0.05) is 36.4 Å². The third-order valence-electron chi connectivity index (χ3n) is 3.47. The lowest BCUT2D eigenvalue weighted by Gasteiger charge is -2.32. The number of nitrogens with one attached hydrogen (secondary N) is 1. The number of urea groups is 1. The van der Waals surface area contributed by atoms with Gasteiger partial charge in [-0.05, 0) is 53.0 Å². The summed E-state index contributed by atoms with van der Waals surface area (Å²) in [4.78, 5) is 12.4. The number of benzene rings is 2. The van der Waals surface area contributed by atoms with Gasteiger partial charge in [0.2, 0.25) is 4.74 Å². The molecule has 0 spiro atoms. The van der Waals surface area contributed by atoms with Crippen molar-refractivity contribution in [2.24, 2.45) is 5.10 Å². The molecule has 0 saturated heterocycles. The average Bonchev–Trinajstić information content (AvgIpc) is 2.51. The van der Waals surface area contributed by atoms with Crippen LogP contribution in [0.5, 0.6) is 0 Å². The Bertz CT molecular complexity index is 759. The fourth-order valence-electron chi connectivity index (χ4n) is 2.30. The van der Waals surface area contributed by atoms with Gasteiger partial charge in [0.15, 0.2) is 0 Å². The van der Waals surface area contributed by atoms with Gasteiger partial charge in [0.05, 0.1) is 11.4 Å². The van der Waals surface area contributed by atoms with E-state index in [-0.39, 0.29) is 6.03 Å². The molecule has 5 nitrogen and oxygen atoms in total. The van der Waals surface area contributed by atoms with Gasteiger partial charge < -0.3 is 0 Å². The zero-order valence-corrected chi connectivity index (χ0v) is 13.8. The Morgan fingerprint density at radius 2 is 1.50 bits per heavy atom. The van der Waals surface area contributed by atoms with E-state index < -0.39 is 0 Å². The van der Waals surface area contributed by atoms with Crippen LogP contribution in [0.1, 0.15) is 11.1 Å². The van der Waals surface area contributed by atoms with E-state index in [0.29, 0.717) is 4.74 Å². The zero-order valence-electron chi connectivity index (χ0n) is 12.2. The van der Waals surface area contributed by atoms with Crippen LogP contribution in [0.3, 0.4) is 0 Å². The average molecular weight is 359 g/mol. The lowest BCUT2D eigenvalue weighted by atomic mass is 10.2. The summed E-state index contributed by atoms with van der Waals surface area (Å²) in [5.41, 5.74) is 6.48. The largest absolute Gasteiger partial charge is 0.361 e. The summed E-state index contributed by atoms with van der Waals surface area (Å²) in [6, 6.07) is 15.1. The molecule has 3 rings (SSSR count). The Morgan fingerprint density at radius 1 is 0.955 bits per heavy atom. The first-order chi connectivity index (χ1) is 10.6. The molecule has 1 N–H and O–H groups in total. The molecule has 2 aromatic carbocycles. The zero-order chi connectivity index (χ0) is 15.7. The molecule has 112 valence electrons. The molecule has 0 bridgehead atoms. The number of para-hydroxylation sites is 2.